The summed E-state index contributed by atoms with van der Waals surface area (Å²) in [6, 6.07) is 2.77. The molecule has 13 N–H and O–H groups in total. The number of anilines is 2. The maximum Gasteiger partial charge on any atom is 0.478 e. The number of phosphoric ester groups is 3. The summed E-state index contributed by atoms with van der Waals surface area (Å²) >= 11 is 0. The van der Waals surface area contributed by atoms with Gasteiger partial charge in [-0.2, -0.15) is 4.57 Å². The number of nitrogens with two attached hydrogens (primary N) is 3. The van der Waals surface area contributed by atoms with Crippen LogP contribution in [0.15, 0.2) is 49.8 Å². The first-order valence-corrected chi connectivity index (χ1v) is 20.6. The van der Waals surface area contributed by atoms with Crippen molar-refractivity contribution in [1.82, 2.24) is 39.5 Å². The molecule has 29 nitrogen and oxygen atoms in total. The van der Waals surface area contributed by atoms with Gasteiger partial charge in [-0.15, -0.1) is 0 Å². The summed E-state index contributed by atoms with van der Waals surface area (Å²) in [5.41, 5.74) is 17.8. The number of nitrogens with one attached hydrogen (secondary N) is 1. The molecule has 2 aliphatic heterocycles. The predicted octanol–water partition coefficient (Wildman–Crippen LogP) is -3.60. The number of carbonyl (C=O) groups is 1. The maximum absolute atomic E-state index is 12.5. The number of carbonyl (C=O) groups excluding carboxylic acids is 1. The third kappa shape index (κ3) is 9.84. The van der Waals surface area contributed by atoms with Crippen molar-refractivity contribution in [3.8, 4) is 0 Å². The molecule has 0 aromatic carbocycles. The van der Waals surface area contributed by atoms with Crippen LogP contribution >= 0.6 is 23.5 Å². The van der Waals surface area contributed by atoms with Crippen molar-refractivity contribution in [3.63, 3.8) is 0 Å². The van der Waals surface area contributed by atoms with E-state index < -0.39 is 91.7 Å². The lowest BCUT2D eigenvalue weighted by Gasteiger charge is -2.26. The SMILES string of the molecule is NC(=O)c1ccc[n+]([C@@H]2O[C@H](COP(=O)([O-])OP(=O)(O)OC[C@H]3O[C@@H](n4cnc5c(N)ncnc54)[C@H](OP(=O)(O)O)[C@@H]3O)[C@@H](O)[C@H]2O)c1.Nc1ncnc2nc[nH]c12. The number of ether oxygens (including phenoxy) is 2. The molecule has 10 atom stereocenters. The molecule has 314 valence electrons. The number of phosphoric acid groups is 3. The fourth-order valence-electron chi connectivity index (χ4n) is 5.61. The van der Waals surface area contributed by atoms with Crippen LogP contribution in [0.2, 0.25) is 0 Å². The Morgan fingerprint density at radius 1 is 0.931 bits per heavy atom. The fourth-order valence-corrected chi connectivity index (χ4v) is 8.21. The highest BCUT2D eigenvalue weighted by atomic mass is 31.3. The fraction of sp³-hybridized carbons (Fsp3) is 0.385. The lowest BCUT2D eigenvalue weighted by Crippen LogP contribution is -2.46. The summed E-state index contributed by atoms with van der Waals surface area (Å²) in [6.45, 7) is -2.12. The maximum atomic E-state index is 12.5. The van der Waals surface area contributed by atoms with Gasteiger partial charge >= 0.3 is 15.6 Å². The number of aliphatic hydroxyl groups is 3. The Labute approximate surface area is 322 Å². The van der Waals surface area contributed by atoms with E-state index in [1.54, 1.807) is 0 Å². The molecule has 0 aliphatic carbocycles. The van der Waals surface area contributed by atoms with Crippen molar-refractivity contribution in [2.24, 2.45) is 5.73 Å². The van der Waals surface area contributed by atoms with Crippen LogP contribution in [0.1, 0.15) is 22.8 Å². The number of amides is 1. The molecule has 2 fully saturated rings. The van der Waals surface area contributed by atoms with E-state index in [1.165, 1.54) is 41.7 Å². The van der Waals surface area contributed by atoms with E-state index in [0.29, 0.717) is 17.0 Å². The van der Waals surface area contributed by atoms with E-state index in [4.69, 9.17) is 26.7 Å². The van der Waals surface area contributed by atoms with Gasteiger partial charge in [0.15, 0.2) is 47.7 Å². The van der Waals surface area contributed by atoms with Crippen molar-refractivity contribution in [3.05, 3.63) is 55.4 Å². The molecule has 1 amide bonds. The third-order valence-corrected chi connectivity index (χ3v) is 11.3. The number of H-pyrrole nitrogens is 1. The second kappa shape index (κ2) is 17.0. The first-order valence-electron chi connectivity index (χ1n) is 16.1. The van der Waals surface area contributed by atoms with Crippen molar-refractivity contribution in [1.29, 1.82) is 0 Å². The molecule has 5 aromatic rings. The minimum absolute atomic E-state index is 0.00541. The standard InChI is InChI=1S/C21H28N7O17P3.C5H5N5/c22-17-12-19(25-7-24-17)28(8-26-12)21-16(44-46(33,34)35)14(30)11(43-21)6-41-48(38,39)45-47(36,37)40-5-10-13(29)15(31)20(42-10)27-3-1-2-9(4-27)18(23)32;6-4-3-5(9-1-7-3)10-2-8-4/h1-4,7-8,10-11,13-16,20-21,29-31H,5-6H2,(H7-,22,23,24,25,32,33,34,35,36,37,38,39);1-2H,(H3,6,7,8,9,10)/t10-,11-,13-,14-,15-,16-,20-,21-;/m1./s1. The predicted molar refractivity (Wildman–Crippen MR) is 184 cm³/mol. The quantitative estimate of drug-likeness (QED) is 0.0403. The number of primary amides is 1. The van der Waals surface area contributed by atoms with E-state index in [1.807, 2.05) is 0 Å². The van der Waals surface area contributed by atoms with E-state index in [-0.39, 0.29) is 22.5 Å². The largest absolute Gasteiger partial charge is 0.756 e. The first-order chi connectivity index (χ1) is 27.2. The highest BCUT2D eigenvalue weighted by Crippen LogP contribution is 2.58. The summed E-state index contributed by atoms with van der Waals surface area (Å²) in [7, 11) is -16.6. The number of hydrogen-bond donors (Lipinski definition) is 10. The third-order valence-electron chi connectivity index (χ3n) is 8.23. The van der Waals surface area contributed by atoms with Crippen LogP contribution in [0, 0.1) is 0 Å². The molecule has 7 heterocycles. The molecule has 0 bridgehead atoms. The average molecular weight is 879 g/mol. The number of aromatic amines is 1. The highest BCUT2D eigenvalue weighted by Gasteiger charge is 2.51. The van der Waals surface area contributed by atoms with Gasteiger partial charge in [0, 0.05) is 6.07 Å². The average Bonchev–Trinajstić information content (AvgIpc) is 3.93. The van der Waals surface area contributed by atoms with Gasteiger partial charge < -0.3 is 71.1 Å². The molecule has 32 heteroatoms. The number of rotatable bonds is 13. The van der Waals surface area contributed by atoms with Crippen LogP contribution in [0.25, 0.3) is 22.3 Å². The summed E-state index contributed by atoms with van der Waals surface area (Å²) in [5.74, 6) is -0.429. The van der Waals surface area contributed by atoms with Crippen LogP contribution in [0.4, 0.5) is 11.6 Å². The van der Waals surface area contributed by atoms with E-state index in [9.17, 15) is 53.4 Å². The van der Waals surface area contributed by atoms with Gasteiger partial charge in [0.25, 0.3) is 20.0 Å². The topological polar surface area (TPSA) is 448 Å². The summed E-state index contributed by atoms with van der Waals surface area (Å²) in [5, 5.41) is 31.5. The van der Waals surface area contributed by atoms with E-state index in [2.05, 4.69) is 52.8 Å². The van der Waals surface area contributed by atoms with Gasteiger partial charge in [0.05, 0.1) is 25.9 Å². The van der Waals surface area contributed by atoms with Crippen LogP contribution in [-0.4, -0.2) is 125 Å². The monoisotopic (exact) mass is 878 g/mol. The Morgan fingerprint density at radius 3 is 2.33 bits per heavy atom. The van der Waals surface area contributed by atoms with Crippen molar-refractivity contribution in [2.45, 2.75) is 49.1 Å². The van der Waals surface area contributed by atoms with E-state index in [0.717, 1.165) is 17.2 Å². The lowest BCUT2D eigenvalue weighted by molar-refractivity contribution is -0.765. The normalized spacial score (nSPS) is 26.9. The number of hydrogen-bond acceptors (Lipinski definition) is 22. The Kier molecular flexibility index (Phi) is 12.6. The summed E-state index contributed by atoms with van der Waals surface area (Å²) in [4.78, 5) is 78.8. The van der Waals surface area contributed by atoms with Gasteiger partial charge in [-0.1, -0.05) is 0 Å². The molecule has 0 saturated carbocycles. The van der Waals surface area contributed by atoms with Crippen molar-refractivity contribution >= 4 is 63.3 Å². The Hall–Kier alpha value is -4.51. The summed E-state index contributed by atoms with van der Waals surface area (Å²) in [6.07, 6.45) is -5.67. The molecule has 2 aliphatic rings. The second-order valence-corrected chi connectivity index (χ2v) is 16.3. The molecule has 5 aromatic heterocycles. The molecule has 58 heavy (non-hydrogen) atoms. The Balaban J connectivity index is 0.000000489. The van der Waals surface area contributed by atoms with E-state index >= 15 is 0 Å². The van der Waals surface area contributed by atoms with Gasteiger partial charge in [-0.3, -0.25) is 23.0 Å². The Morgan fingerprint density at radius 2 is 1.62 bits per heavy atom. The number of nitrogen functional groups attached to an aromatic ring is 2. The lowest BCUT2D eigenvalue weighted by atomic mass is 10.1. The number of nitrogens with zero attached hydrogens (tertiary/aromatic N) is 8. The minimum atomic E-state index is -5.72. The van der Waals surface area contributed by atoms with Crippen LogP contribution in [-0.2, 0) is 41.1 Å². The Bertz CT molecular complexity index is 2420. The number of fused-ring (bicyclic) bond motifs is 2. The highest BCUT2D eigenvalue weighted by molar-refractivity contribution is 7.60. The van der Waals surface area contributed by atoms with Gasteiger partial charge in [0.1, 0.15) is 59.8 Å². The molecule has 0 radical (unpaired) electrons. The van der Waals surface area contributed by atoms with Crippen molar-refractivity contribution < 1.29 is 85.3 Å². The van der Waals surface area contributed by atoms with Crippen molar-refractivity contribution in [2.75, 3.05) is 24.7 Å². The zero-order chi connectivity index (χ0) is 42.2. The van der Waals surface area contributed by atoms with Crippen LogP contribution in [0.5, 0.6) is 0 Å². The van der Waals surface area contributed by atoms with Gasteiger partial charge in [0.2, 0.25) is 0 Å². The smallest absolute Gasteiger partial charge is 0.478 e. The summed E-state index contributed by atoms with van der Waals surface area (Å²) < 4.78 is 67.9. The molecule has 0 spiro atoms. The minimum Gasteiger partial charge on any atom is -0.756 e. The molecular formula is C26H33N12O17P3. The van der Waals surface area contributed by atoms with Gasteiger partial charge in [-0.25, -0.2) is 43.3 Å². The molecular weight excluding hydrogens is 845 g/mol. The first kappa shape index (κ1) is 43.1. The van der Waals surface area contributed by atoms with Crippen LogP contribution in [0.3, 0.4) is 0 Å². The zero-order valence-corrected chi connectivity index (χ0v) is 31.7. The van der Waals surface area contributed by atoms with Gasteiger partial charge in [-0.05, 0) is 6.07 Å². The number of pyridine rings is 1. The molecule has 7 rings (SSSR count). The van der Waals surface area contributed by atoms with Crippen LogP contribution < -0.4 is 26.7 Å². The zero-order valence-electron chi connectivity index (χ0n) is 29.0. The second-order valence-electron chi connectivity index (χ2n) is 12.1. The number of aliphatic hydroxyl groups excluding tert-OH is 3. The number of imidazole rings is 2. The number of aromatic nitrogens is 9. The molecule has 2 unspecified atom stereocenters. The molecule has 2 saturated heterocycles.